The molecule has 0 saturated carbocycles. The normalized spacial score (nSPS) is 16.8. The zero-order valence-electron chi connectivity index (χ0n) is 18.6. The number of benzene rings is 1. The van der Waals surface area contributed by atoms with Crippen molar-refractivity contribution in [2.75, 3.05) is 26.4 Å². The third kappa shape index (κ3) is 4.85. The van der Waals surface area contributed by atoms with Crippen LogP contribution in [0.3, 0.4) is 0 Å². The zero-order chi connectivity index (χ0) is 23.7. The molecule has 5 rings (SSSR count). The van der Waals surface area contributed by atoms with Gasteiger partial charge in [0.2, 0.25) is 10.0 Å². The van der Waals surface area contributed by atoms with Gasteiger partial charge < -0.3 is 9.47 Å². The van der Waals surface area contributed by atoms with Crippen molar-refractivity contribution in [2.24, 2.45) is 7.05 Å². The van der Waals surface area contributed by atoms with E-state index in [1.54, 1.807) is 47.4 Å². The molecule has 1 fully saturated rings. The Morgan fingerprint density at radius 1 is 1.09 bits per heavy atom. The van der Waals surface area contributed by atoms with E-state index in [0.29, 0.717) is 47.1 Å². The van der Waals surface area contributed by atoms with E-state index >= 15 is 0 Å². The van der Waals surface area contributed by atoms with Crippen molar-refractivity contribution >= 4 is 31.7 Å². The Kier molecular flexibility index (Phi) is 6.13. The number of hydrogen-bond acceptors (Lipinski definition) is 7. The number of sulfonamides is 1. The van der Waals surface area contributed by atoms with Gasteiger partial charge in [0.05, 0.1) is 43.4 Å². The highest BCUT2D eigenvalue weighted by Crippen LogP contribution is 2.22. The van der Waals surface area contributed by atoms with Crippen LogP contribution in [0, 0.1) is 0 Å². The number of aromatic nitrogens is 3. The number of aryl methyl sites for hydroxylation is 1. The largest absolute Gasteiger partial charge is 0.376 e. The lowest BCUT2D eigenvalue weighted by atomic mass is 10.1. The number of nitrogens with zero attached hydrogens (tertiary/aromatic N) is 3. The minimum atomic E-state index is -3.62. The summed E-state index contributed by atoms with van der Waals surface area (Å²) in [6.07, 6.45) is 4.98. The van der Waals surface area contributed by atoms with E-state index in [-0.39, 0.29) is 23.8 Å². The molecule has 2 aromatic heterocycles. The van der Waals surface area contributed by atoms with E-state index in [0.717, 1.165) is 11.1 Å². The Balaban J connectivity index is 1.48. The Bertz CT molecular complexity index is 1530. The molecule has 4 aromatic rings. The third-order valence-corrected chi connectivity index (χ3v) is 7.08. The van der Waals surface area contributed by atoms with Crippen LogP contribution in [-0.4, -0.2) is 55.7 Å². The van der Waals surface area contributed by atoms with Gasteiger partial charge in [-0.15, -0.1) is 0 Å². The van der Waals surface area contributed by atoms with E-state index in [1.165, 1.54) is 0 Å². The molecule has 0 spiro atoms. The standard InChI is InChI=1S/C24H24N4O5S/c1-28-13-19(11-26-28)18-9-22-23(25-10-18)5-4-17-3-2-16(8-21(17)24(22)29)15-34(30,31)27-12-20-14-32-6-7-33-20/h2-5,8-11,13,20,27H,6-7,12,14-15H2,1H3. The molecule has 0 radical (unpaired) electrons. The molecule has 1 unspecified atom stereocenters. The van der Waals surface area contributed by atoms with Crippen LogP contribution in [0.5, 0.6) is 0 Å². The summed E-state index contributed by atoms with van der Waals surface area (Å²) in [5, 5.41) is 5.80. The fraction of sp³-hybridized carbons (Fsp3) is 0.292. The van der Waals surface area contributed by atoms with Gasteiger partial charge in [-0.2, -0.15) is 5.10 Å². The maximum absolute atomic E-state index is 13.5. The fourth-order valence-corrected chi connectivity index (χ4v) is 5.17. The van der Waals surface area contributed by atoms with Crippen molar-refractivity contribution in [3.8, 4) is 11.1 Å². The molecular formula is C24H24N4O5S. The van der Waals surface area contributed by atoms with E-state index in [4.69, 9.17) is 9.47 Å². The number of nitrogens with one attached hydrogen (secondary N) is 1. The minimum Gasteiger partial charge on any atom is -0.376 e. The number of ether oxygens (including phenoxy) is 2. The molecule has 2 aromatic carbocycles. The number of rotatable bonds is 6. The SMILES string of the molecule is Cn1cc(-c2cnc3ccc4ccc(CS(=O)(=O)NCC5COCCO5)cc4c(=O)c3c2)cn1. The summed E-state index contributed by atoms with van der Waals surface area (Å²) in [6.45, 7) is 1.47. The second-order valence-electron chi connectivity index (χ2n) is 8.32. The van der Waals surface area contributed by atoms with Crippen LogP contribution in [0.25, 0.3) is 32.8 Å². The molecule has 34 heavy (non-hydrogen) atoms. The van der Waals surface area contributed by atoms with Crippen LogP contribution in [0.2, 0.25) is 0 Å². The molecule has 9 nitrogen and oxygen atoms in total. The lowest BCUT2D eigenvalue weighted by molar-refractivity contribution is -0.0847. The number of pyridine rings is 1. The van der Waals surface area contributed by atoms with Gasteiger partial charge in [-0.25, -0.2) is 13.1 Å². The summed E-state index contributed by atoms with van der Waals surface area (Å²) in [7, 11) is -1.80. The van der Waals surface area contributed by atoms with Gasteiger partial charge in [-0.3, -0.25) is 14.5 Å². The molecule has 0 aliphatic carbocycles. The molecule has 1 aliphatic rings. The second kappa shape index (κ2) is 9.22. The summed E-state index contributed by atoms with van der Waals surface area (Å²) in [5.41, 5.74) is 2.53. The lowest BCUT2D eigenvalue weighted by Gasteiger charge is -2.23. The summed E-state index contributed by atoms with van der Waals surface area (Å²) in [6, 6.07) is 10.6. The van der Waals surface area contributed by atoms with E-state index in [1.807, 2.05) is 19.3 Å². The maximum Gasteiger partial charge on any atom is 0.215 e. The second-order valence-corrected chi connectivity index (χ2v) is 10.1. The first-order chi connectivity index (χ1) is 16.4. The molecule has 0 amide bonds. The van der Waals surface area contributed by atoms with E-state index in [9.17, 15) is 13.2 Å². The monoisotopic (exact) mass is 480 g/mol. The van der Waals surface area contributed by atoms with Crippen molar-refractivity contribution in [1.29, 1.82) is 0 Å². The van der Waals surface area contributed by atoms with Crippen molar-refractivity contribution in [3.63, 3.8) is 0 Å². The molecule has 1 N–H and O–H groups in total. The summed E-state index contributed by atoms with van der Waals surface area (Å²) >= 11 is 0. The molecular weight excluding hydrogens is 456 g/mol. The smallest absolute Gasteiger partial charge is 0.215 e. The summed E-state index contributed by atoms with van der Waals surface area (Å²) in [4.78, 5) is 17.9. The van der Waals surface area contributed by atoms with Gasteiger partial charge in [0.1, 0.15) is 0 Å². The van der Waals surface area contributed by atoms with E-state index < -0.39 is 10.0 Å². The molecule has 1 atom stereocenters. The third-order valence-electron chi connectivity index (χ3n) is 5.76. The van der Waals surface area contributed by atoms with Crippen molar-refractivity contribution < 1.29 is 17.9 Å². The van der Waals surface area contributed by atoms with Crippen molar-refractivity contribution in [2.45, 2.75) is 11.9 Å². The van der Waals surface area contributed by atoms with Crippen molar-refractivity contribution in [3.05, 3.63) is 70.8 Å². The van der Waals surface area contributed by atoms with E-state index in [2.05, 4.69) is 14.8 Å². The number of hydrogen-bond donors (Lipinski definition) is 1. The molecule has 176 valence electrons. The fourth-order valence-electron chi connectivity index (χ4n) is 4.01. The molecule has 0 bridgehead atoms. The number of fused-ring (bicyclic) bond motifs is 2. The Labute approximate surface area is 196 Å². The van der Waals surface area contributed by atoms with Gasteiger partial charge in [0.15, 0.2) is 5.43 Å². The van der Waals surface area contributed by atoms with Gasteiger partial charge >= 0.3 is 0 Å². The highest BCUT2D eigenvalue weighted by atomic mass is 32.2. The quantitative estimate of drug-likeness (QED) is 0.449. The average molecular weight is 481 g/mol. The molecule has 1 aliphatic heterocycles. The van der Waals surface area contributed by atoms with Crippen LogP contribution in [0.15, 0.2) is 59.8 Å². The molecule has 10 heteroatoms. The Morgan fingerprint density at radius 2 is 1.94 bits per heavy atom. The van der Waals surface area contributed by atoms with Gasteiger partial charge in [-0.05, 0) is 29.1 Å². The van der Waals surface area contributed by atoms with Crippen LogP contribution >= 0.6 is 0 Å². The first kappa shape index (κ1) is 22.6. The van der Waals surface area contributed by atoms with Crippen LogP contribution < -0.4 is 10.2 Å². The predicted octanol–water partition coefficient (Wildman–Crippen LogP) is 1.98. The molecule has 3 heterocycles. The maximum atomic E-state index is 13.5. The summed E-state index contributed by atoms with van der Waals surface area (Å²) < 4.78 is 40.3. The van der Waals surface area contributed by atoms with Crippen LogP contribution in [0.1, 0.15) is 5.56 Å². The zero-order valence-corrected chi connectivity index (χ0v) is 19.4. The Hall–Kier alpha value is -3.18. The van der Waals surface area contributed by atoms with Crippen LogP contribution in [-0.2, 0) is 32.3 Å². The average Bonchev–Trinajstić information content (AvgIpc) is 3.22. The van der Waals surface area contributed by atoms with Crippen molar-refractivity contribution in [1.82, 2.24) is 19.5 Å². The first-order valence-corrected chi connectivity index (χ1v) is 12.5. The Morgan fingerprint density at radius 3 is 2.71 bits per heavy atom. The topological polar surface area (TPSA) is 112 Å². The molecule has 1 saturated heterocycles. The highest BCUT2D eigenvalue weighted by molar-refractivity contribution is 7.88. The van der Waals surface area contributed by atoms with Gasteiger partial charge in [0.25, 0.3) is 0 Å². The minimum absolute atomic E-state index is 0.144. The first-order valence-electron chi connectivity index (χ1n) is 10.9. The van der Waals surface area contributed by atoms with Gasteiger partial charge in [0, 0.05) is 47.9 Å². The lowest BCUT2D eigenvalue weighted by Crippen LogP contribution is -2.40. The summed E-state index contributed by atoms with van der Waals surface area (Å²) in [5.74, 6) is -0.244. The van der Waals surface area contributed by atoms with Crippen LogP contribution in [0.4, 0.5) is 0 Å². The van der Waals surface area contributed by atoms with Gasteiger partial charge in [-0.1, -0.05) is 18.2 Å². The highest BCUT2D eigenvalue weighted by Gasteiger charge is 2.19. The predicted molar refractivity (Wildman–Crippen MR) is 129 cm³/mol.